The summed E-state index contributed by atoms with van der Waals surface area (Å²) in [7, 11) is 1.59. The highest BCUT2D eigenvalue weighted by Crippen LogP contribution is 2.21. The van der Waals surface area contributed by atoms with E-state index in [2.05, 4.69) is 15.6 Å². The van der Waals surface area contributed by atoms with Crippen LogP contribution in [0.5, 0.6) is 0 Å². The number of methoxy groups -OCH3 is 1. The van der Waals surface area contributed by atoms with Crippen LogP contribution in [0.2, 0.25) is 0 Å². The van der Waals surface area contributed by atoms with E-state index in [0.717, 1.165) is 0 Å². The van der Waals surface area contributed by atoms with Gasteiger partial charge in [-0.05, 0) is 12.8 Å². The van der Waals surface area contributed by atoms with Crippen LogP contribution in [-0.4, -0.2) is 37.7 Å². The minimum Gasteiger partial charge on any atom is -0.382 e. The van der Waals surface area contributed by atoms with Crippen LogP contribution in [0.3, 0.4) is 0 Å². The molecule has 0 radical (unpaired) electrons. The molecule has 1 fully saturated rings. The van der Waals surface area contributed by atoms with E-state index in [1.54, 1.807) is 7.11 Å². The molecule has 1 unspecified atom stereocenters. The van der Waals surface area contributed by atoms with Crippen LogP contribution < -0.4 is 10.6 Å². The van der Waals surface area contributed by atoms with E-state index in [9.17, 15) is 4.79 Å². The minimum atomic E-state index is -0.678. The molecule has 1 amide bonds. The lowest BCUT2D eigenvalue weighted by Gasteiger charge is -2.29. The van der Waals surface area contributed by atoms with Crippen molar-refractivity contribution in [3.63, 3.8) is 0 Å². The highest BCUT2D eigenvalue weighted by atomic mass is 16.5. The lowest BCUT2D eigenvalue weighted by atomic mass is 9.87. The van der Waals surface area contributed by atoms with E-state index in [0.29, 0.717) is 19.1 Å². The third kappa shape index (κ3) is 2.12. The van der Waals surface area contributed by atoms with Crippen molar-refractivity contribution in [1.82, 2.24) is 10.6 Å². The Morgan fingerprint density at radius 3 is 2.67 bits per heavy atom. The average Bonchev–Trinajstić information content (AvgIpc) is 2.45. The van der Waals surface area contributed by atoms with Gasteiger partial charge in [0.05, 0.1) is 6.61 Å². The smallest absolute Gasteiger partial charge is 0.255 e. The molecule has 5 heteroatoms. The van der Waals surface area contributed by atoms with Gasteiger partial charge in [0, 0.05) is 13.7 Å². The molecule has 2 N–H and O–H groups in total. The van der Waals surface area contributed by atoms with Crippen LogP contribution in [0.15, 0.2) is 4.99 Å². The maximum atomic E-state index is 11.9. The van der Waals surface area contributed by atoms with Gasteiger partial charge in [-0.25, -0.2) is 0 Å². The topological polar surface area (TPSA) is 62.7 Å². The first-order valence-electron chi connectivity index (χ1n) is 5.19. The molecule has 1 rings (SSSR count). The summed E-state index contributed by atoms with van der Waals surface area (Å²) in [4.78, 5) is 16.0. The molecular formula is C10H19N3O2. The van der Waals surface area contributed by atoms with Crippen molar-refractivity contribution in [3.8, 4) is 0 Å². The molecule has 0 aromatic rings. The highest BCUT2D eigenvalue weighted by molar-refractivity contribution is 6.09. The lowest BCUT2D eigenvalue weighted by Crippen LogP contribution is -2.55. The number of aliphatic imine (C=N–C) groups is 1. The van der Waals surface area contributed by atoms with Crippen molar-refractivity contribution in [2.45, 2.75) is 26.3 Å². The number of amides is 1. The molecule has 1 heterocycles. The fraction of sp³-hybridized carbons (Fsp3) is 0.800. The summed E-state index contributed by atoms with van der Waals surface area (Å²) < 4.78 is 5.11. The van der Waals surface area contributed by atoms with E-state index >= 15 is 0 Å². The number of guanidine groups is 1. The SMILES string of the molecule is CCN=C1NC(=O)C(COC)(C(C)C)N1. The summed E-state index contributed by atoms with van der Waals surface area (Å²) in [5.41, 5.74) is -0.678. The standard InChI is InChI=1S/C10H19N3O2/c1-5-11-9-12-8(14)10(13-9,6-15-4)7(2)3/h7H,5-6H2,1-4H3,(H2,11,12,13,14). The Morgan fingerprint density at radius 2 is 2.20 bits per heavy atom. The predicted octanol–water partition coefficient (Wildman–Crippen LogP) is 0.123. The number of nitrogens with zero attached hydrogens (tertiary/aromatic N) is 1. The summed E-state index contributed by atoms with van der Waals surface area (Å²) in [5.74, 6) is 0.627. The summed E-state index contributed by atoms with van der Waals surface area (Å²) in [6, 6.07) is 0. The van der Waals surface area contributed by atoms with Crippen molar-refractivity contribution in [2.75, 3.05) is 20.3 Å². The van der Waals surface area contributed by atoms with E-state index in [4.69, 9.17) is 4.74 Å². The molecule has 0 bridgehead atoms. The van der Waals surface area contributed by atoms with Gasteiger partial charge in [-0.15, -0.1) is 0 Å². The lowest BCUT2D eigenvalue weighted by molar-refractivity contribution is -0.127. The third-order valence-electron chi connectivity index (χ3n) is 2.65. The van der Waals surface area contributed by atoms with Crippen LogP contribution in [0, 0.1) is 5.92 Å². The van der Waals surface area contributed by atoms with Crippen molar-refractivity contribution >= 4 is 11.9 Å². The summed E-state index contributed by atoms with van der Waals surface area (Å²) in [6.07, 6.45) is 0. The van der Waals surface area contributed by atoms with E-state index in [1.165, 1.54) is 0 Å². The molecule has 0 aliphatic carbocycles. The van der Waals surface area contributed by atoms with Gasteiger partial charge in [-0.3, -0.25) is 15.1 Å². The Balaban J connectivity index is 2.91. The number of hydrogen-bond donors (Lipinski definition) is 2. The zero-order valence-electron chi connectivity index (χ0n) is 9.76. The van der Waals surface area contributed by atoms with Crippen LogP contribution in [0.25, 0.3) is 0 Å². The van der Waals surface area contributed by atoms with Crippen molar-refractivity contribution in [3.05, 3.63) is 0 Å². The largest absolute Gasteiger partial charge is 0.382 e. The van der Waals surface area contributed by atoms with Gasteiger partial charge < -0.3 is 10.1 Å². The maximum absolute atomic E-state index is 11.9. The fourth-order valence-corrected chi connectivity index (χ4v) is 1.66. The molecule has 0 saturated carbocycles. The zero-order chi connectivity index (χ0) is 11.5. The van der Waals surface area contributed by atoms with Crippen molar-refractivity contribution < 1.29 is 9.53 Å². The molecule has 0 aromatic heterocycles. The van der Waals surface area contributed by atoms with Gasteiger partial charge in [0.15, 0.2) is 5.96 Å². The van der Waals surface area contributed by atoms with E-state index in [-0.39, 0.29) is 11.8 Å². The Morgan fingerprint density at radius 1 is 1.53 bits per heavy atom. The summed E-state index contributed by atoms with van der Waals surface area (Å²) in [5, 5.41) is 5.85. The molecule has 1 atom stereocenters. The van der Waals surface area contributed by atoms with Gasteiger partial charge >= 0.3 is 0 Å². The monoisotopic (exact) mass is 213 g/mol. The molecule has 0 aromatic carbocycles. The molecule has 1 saturated heterocycles. The first-order chi connectivity index (χ1) is 7.06. The molecule has 1 aliphatic rings. The number of carbonyl (C=O) groups excluding carboxylic acids is 1. The summed E-state index contributed by atoms with van der Waals surface area (Å²) in [6.45, 7) is 6.89. The predicted molar refractivity (Wildman–Crippen MR) is 58.7 cm³/mol. The van der Waals surface area contributed by atoms with Gasteiger partial charge in [0.2, 0.25) is 0 Å². The Bertz CT molecular complexity index is 276. The number of carbonyl (C=O) groups is 1. The average molecular weight is 213 g/mol. The number of hydrogen-bond acceptors (Lipinski definition) is 3. The first kappa shape index (κ1) is 12.0. The second-order valence-electron chi connectivity index (χ2n) is 3.96. The Hall–Kier alpha value is -1.10. The third-order valence-corrected chi connectivity index (χ3v) is 2.65. The molecule has 1 aliphatic heterocycles. The zero-order valence-corrected chi connectivity index (χ0v) is 9.76. The first-order valence-corrected chi connectivity index (χ1v) is 5.19. The van der Waals surface area contributed by atoms with E-state index in [1.807, 2.05) is 20.8 Å². The Labute approximate surface area is 90.3 Å². The Kier molecular flexibility index (Phi) is 3.68. The maximum Gasteiger partial charge on any atom is 0.255 e. The summed E-state index contributed by atoms with van der Waals surface area (Å²) >= 11 is 0. The molecule has 5 nitrogen and oxygen atoms in total. The van der Waals surface area contributed by atoms with Crippen LogP contribution >= 0.6 is 0 Å². The van der Waals surface area contributed by atoms with Gasteiger partial charge in [0.25, 0.3) is 5.91 Å². The van der Waals surface area contributed by atoms with E-state index < -0.39 is 5.54 Å². The number of ether oxygens (including phenoxy) is 1. The second-order valence-corrected chi connectivity index (χ2v) is 3.96. The quantitative estimate of drug-likeness (QED) is 0.697. The highest BCUT2D eigenvalue weighted by Gasteiger charge is 2.47. The molecule has 15 heavy (non-hydrogen) atoms. The second kappa shape index (κ2) is 4.61. The van der Waals surface area contributed by atoms with Crippen LogP contribution in [0.1, 0.15) is 20.8 Å². The van der Waals surface area contributed by atoms with Gasteiger partial charge in [-0.2, -0.15) is 0 Å². The molecule has 86 valence electrons. The van der Waals surface area contributed by atoms with Crippen molar-refractivity contribution in [2.24, 2.45) is 10.9 Å². The van der Waals surface area contributed by atoms with Gasteiger partial charge in [-0.1, -0.05) is 13.8 Å². The number of nitrogens with one attached hydrogen (secondary N) is 2. The number of rotatable bonds is 4. The minimum absolute atomic E-state index is 0.0634. The van der Waals surface area contributed by atoms with Crippen LogP contribution in [0.4, 0.5) is 0 Å². The normalized spacial score (nSPS) is 28.3. The molecule has 0 spiro atoms. The molecular weight excluding hydrogens is 194 g/mol. The fourth-order valence-electron chi connectivity index (χ4n) is 1.66. The van der Waals surface area contributed by atoms with Crippen LogP contribution in [-0.2, 0) is 9.53 Å². The van der Waals surface area contributed by atoms with Gasteiger partial charge in [0.1, 0.15) is 5.54 Å². The van der Waals surface area contributed by atoms with Crippen molar-refractivity contribution in [1.29, 1.82) is 0 Å².